The normalized spacial score (nSPS) is 16.7. The first-order chi connectivity index (χ1) is 10.6. The minimum atomic E-state index is -0.427. The zero-order valence-corrected chi connectivity index (χ0v) is 13.8. The molecule has 3 rings (SSSR count). The van der Waals surface area contributed by atoms with Crippen molar-refractivity contribution in [3.8, 4) is 11.5 Å². The van der Waals surface area contributed by atoms with Gasteiger partial charge in [-0.25, -0.2) is 0 Å². The number of fused-ring (bicyclic) bond motifs is 1. The van der Waals surface area contributed by atoms with Crippen LogP contribution >= 0.6 is 15.9 Å². The van der Waals surface area contributed by atoms with Crippen LogP contribution in [-0.2, 0) is 16.0 Å². The van der Waals surface area contributed by atoms with E-state index in [0.717, 1.165) is 21.2 Å². The molecule has 0 N–H and O–H groups in total. The molecule has 0 fully saturated rings. The Morgan fingerprint density at radius 3 is 2.36 bits per heavy atom. The lowest BCUT2D eigenvalue weighted by molar-refractivity contribution is -0.148. The Bertz CT molecular complexity index is 709. The summed E-state index contributed by atoms with van der Waals surface area (Å²) in [5.74, 6) is 0.999. The molecular formula is C17H15BrO4. The molecule has 2 aromatic carbocycles. The maximum atomic E-state index is 11.9. The molecule has 0 unspecified atom stereocenters. The number of benzene rings is 2. The molecule has 1 aliphatic rings. The van der Waals surface area contributed by atoms with Crippen LogP contribution in [0.3, 0.4) is 0 Å². The molecule has 1 atom stereocenters. The SMILES string of the molecule is COc1cc2c(cc1OC)[C@@H](c1ccc(Br)cc1)OC(=O)C2. The Morgan fingerprint density at radius 2 is 1.73 bits per heavy atom. The fourth-order valence-corrected chi connectivity index (χ4v) is 2.88. The number of halogens is 1. The van der Waals surface area contributed by atoms with Gasteiger partial charge >= 0.3 is 5.97 Å². The van der Waals surface area contributed by atoms with Crippen LogP contribution in [0.5, 0.6) is 11.5 Å². The summed E-state index contributed by atoms with van der Waals surface area (Å²) >= 11 is 3.41. The summed E-state index contributed by atoms with van der Waals surface area (Å²) in [5.41, 5.74) is 2.76. The Morgan fingerprint density at radius 1 is 1.09 bits per heavy atom. The van der Waals surface area contributed by atoms with Gasteiger partial charge in [-0.1, -0.05) is 28.1 Å². The van der Waals surface area contributed by atoms with Crippen LogP contribution in [0.2, 0.25) is 0 Å². The van der Waals surface area contributed by atoms with Crippen molar-refractivity contribution in [1.82, 2.24) is 0 Å². The summed E-state index contributed by atoms with van der Waals surface area (Å²) in [7, 11) is 3.17. The van der Waals surface area contributed by atoms with Crippen LogP contribution in [0.1, 0.15) is 22.8 Å². The number of hydrogen-bond acceptors (Lipinski definition) is 4. The fourth-order valence-electron chi connectivity index (χ4n) is 2.61. The van der Waals surface area contributed by atoms with Gasteiger partial charge in [0.15, 0.2) is 17.6 Å². The zero-order chi connectivity index (χ0) is 15.7. The van der Waals surface area contributed by atoms with Gasteiger partial charge in [-0.3, -0.25) is 4.79 Å². The lowest BCUT2D eigenvalue weighted by Crippen LogP contribution is -2.22. The first kappa shape index (κ1) is 14.9. The van der Waals surface area contributed by atoms with Crippen molar-refractivity contribution in [2.75, 3.05) is 14.2 Å². The van der Waals surface area contributed by atoms with E-state index in [2.05, 4.69) is 15.9 Å². The van der Waals surface area contributed by atoms with Crippen molar-refractivity contribution in [2.24, 2.45) is 0 Å². The molecule has 5 heteroatoms. The van der Waals surface area contributed by atoms with Gasteiger partial charge in [0.2, 0.25) is 0 Å². The maximum absolute atomic E-state index is 11.9. The number of rotatable bonds is 3. The quantitative estimate of drug-likeness (QED) is 0.781. The monoisotopic (exact) mass is 362 g/mol. The average Bonchev–Trinajstić information content (AvgIpc) is 2.53. The van der Waals surface area contributed by atoms with Crippen LogP contribution in [-0.4, -0.2) is 20.2 Å². The number of cyclic esters (lactones) is 1. The van der Waals surface area contributed by atoms with Crippen molar-refractivity contribution >= 4 is 21.9 Å². The maximum Gasteiger partial charge on any atom is 0.311 e. The summed E-state index contributed by atoms with van der Waals surface area (Å²) in [6.07, 6.45) is -0.188. The largest absolute Gasteiger partial charge is 0.493 e. The summed E-state index contributed by atoms with van der Waals surface area (Å²) in [4.78, 5) is 11.9. The van der Waals surface area contributed by atoms with Crippen LogP contribution < -0.4 is 9.47 Å². The minimum absolute atomic E-state index is 0.239. The summed E-state index contributed by atoms with van der Waals surface area (Å²) in [5, 5.41) is 0. The van der Waals surface area contributed by atoms with Gasteiger partial charge in [-0.05, 0) is 35.4 Å². The molecule has 22 heavy (non-hydrogen) atoms. The standard InChI is InChI=1S/C17H15BrO4/c1-20-14-7-11-8-16(19)22-17(13(11)9-15(14)21-2)10-3-5-12(18)6-4-10/h3-7,9,17H,8H2,1-2H3/t17-/m1/s1. The first-order valence-corrected chi connectivity index (χ1v) is 7.61. The van der Waals surface area contributed by atoms with Crippen molar-refractivity contribution in [3.05, 3.63) is 57.6 Å². The van der Waals surface area contributed by atoms with E-state index < -0.39 is 6.10 Å². The lowest BCUT2D eigenvalue weighted by Gasteiger charge is -2.27. The molecule has 0 aromatic heterocycles. The molecule has 0 bridgehead atoms. The van der Waals surface area contributed by atoms with Gasteiger partial charge in [-0.15, -0.1) is 0 Å². The molecule has 0 spiro atoms. The molecule has 114 valence electrons. The second-order valence-corrected chi connectivity index (χ2v) is 5.92. The van der Waals surface area contributed by atoms with Gasteiger partial charge in [0.05, 0.1) is 20.6 Å². The molecule has 2 aromatic rings. The smallest absolute Gasteiger partial charge is 0.311 e. The van der Waals surface area contributed by atoms with E-state index in [9.17, 15) is 4.79 Å². The van der Waals surface area contributed by atoms with Gasteiger partial charge in [0.1, 0.15) is 0 Å². The van der Waals surface area contributed by atoms with Gasteiger partial charge in [0, 0.05) is 10.0 Å². The molecule has 0 saturated heterocycles. The highest BCUT2D eigenvalue weighted by Crippen LogP contribution is 2.40. The zero-order valence-electron chi connectivity index (χ0n) is 12.3. The number of hydrogen-bond donors (Lipinski definition) is 0. The van der Waals surface area contributed by atoms with Crippen molar-refractivity contribution in [1.29, 1.82) is 0 Å². The Kier molecular flexibility index (Phi) is 4.07. The number of ether oxygens (including phenoxy) is 3. The van der Waals surface area contributed by atoms with Gasteiger partial charge in [-0.2, -0.15) is 0 Å². The summed E-state index contributed by atoms with van der Waals surface area (Å²) in [6.45, 7) is 0. The van der Waals surface area contributed by atoms with E-state index in [4.69, 9.17) is 14.2 Å². The molecule has 4 nitrogen and oxygen atoms in total. The van der Waals surface area contributed by atoms with E-state index in [1.807, 2.05) is 36.4 Å². The number of esters is 1. The van der Waals surface area contributed by atoms with Gasteiger partial charge in [0.25, 0.3) is 0 Å². The molecule has 1 aliphatic heterocycles. The third-order valence-electron chi connectivity index (χ3n) is 3.68. The van der Waals surface area contributed by atoms with Crippen molar-refractivity contribution < 1.29 is 19.0 Å². The fraction of sp³-hybridized carbons (Fsp3) is 0.235. The highest BCUT2D eigenvalue weighted by molar-refractivity contribution is 9.10. The van der Waals surface area contributed by atoms with Crippen molar-refractivity contribution in [3.63, 3.8) is 0 Å². The van der Waals surface area contributed by atoms with Crippen molar-refractivity contribution in [2.45, 2.75) is 12.5 Å². The minimum Gasteiger partial charge on any atom is -0.493 e. The third kappa shape index (κ3) is 2.68. The number of methoxy groups -OCH3 is 2. The third-order valence-corrected chi connectivity index (χ3v) is 4.21. The second kappa shape index (κ2) is 6.01. The highest BCUT2D eigenvalue weighted by atomic mass is 79.9. The van der Waals surface area contributed by atoms with Crippen LogP contribution in [0.25, 0.3) is 0 Å². The first-order valence-electron chi connectivity index (χ1n) is 6.82. The number of carbonyl (C=O) groups excluding carboxylic acids is 1. The van der Waals surface area contributed by atoms with E-state index in [0.29, 0.717) is 11.5 Å². The van der Waals surface area contributed by atoms with E-state index in [1.54, 1.807) is 14.2 Å². The van der Waals surface area contributed by atoms with Crippen LogP contribution in [0.4, 0.5) is 0 Å². The number of carbonyl (C=O) groups is 1. The molecule has 0 saturated carbocycles. The molecular weight excluding hydrogens is 348 g/mol. The predicted molar refractivity (Wildman–Crippen MR) is 85.3 cm³/mol. The average molecular weight is 363 g/mol. The molecule has 1 heterocycles. The predicted octanol–water partition coefficient (Wildman–Crippen LogP) is 3.66. The van der Waals surface area contributed by atoms with Crippen LogP contribution in [0.15, 0.2) is 40.9 Å². The van der Waals surface area contributed by atoms with Crippen LogP contribution in [0, 0.1) is 0 Å². The van der Waals surface area contributed by atoms with E-state index >= 15 is 0 Å². The molecule has 0 radical (unpaired) electrons. The topological polar surface area (TPSA) is 44.8 Å². The Hall–Kier alpha value is -2.01. The Balaban J connectivity index is 2.11. The Labute approximate surface area is 137 Å². The lowest BCUT2D eigenvalue weighted by atomic mass is 9.92. The summed E-state index contributed by atoms with van der Waals surface area (Å²) < 4.78 is 17.2. The van der Waals surface area contributed by atoms with E-state index in [1.165, 1.54) is 0 Å². The summed E-state index contributed by atoms with van der Waals surface area (Å²) in [6, 6.07) is 11.5. The van der Waals surface area contributed by atoms with Gasteiger partial charge < -0.3 is 14.2 Å². The molecule has 0 amide bonds. The van der Waals surface area contributed by atoms with E-state index in [-0.39, 0.29) is 12.4 Å². The highest BCUT2D eigenvalue weighted by Gasteiger charge is 2.29. The molecule has 0 aliphatic carbocycles. The second-order valence-electron chi connectivity index (χ2n) is 5.00.